The van der Waals surface area contributed by atoms with Crippen LogP contribution < -0.4 is 0 Å². The second kappa shape index (κ2) is 11.5. The Morgan fingerprint density at radius 2 is 1.56 bits per heavy atom. The first-order valence-corrected chi connectivity index (χ1v) is 21.4. The van der Waals surface area contributed by atoms with Crippen LogP contribution in [0.4, 0.5) is 0 Å². The lowest BCUT2D eigenvalue weighted by atomic mass is 9.61. The maximum atomic E-state index is 11.7. The van der Waals surface area contributed by atoms with Crippen LogP contribution in [0.5, 0.6) is 0 Å². The monoisotopic (exact) mass is 572 g/mol. The maximum Gasteiger partial charge on any atom is 0.192 e. The normalized spacial score (nSPS) is 33.9. The third kappa shape index (κ3) is 6.84. The molecular weight excluding hydrogens is 513 g/mol. The van der Waals surface area contributed by atoms with Crippen molar-refractivity contribution in [2.24, 2.45) is 23.2 Å². The molecule has 0 aliphatic heterocycles. The van der Waals surface area contributed by atoms with Crippen LogP contribution in [0.3, 0.4) is 0 Å². The number of allylic oxidation sites excluding steroid dienone is 3. The predicted octanol–water partition coefficient (Wildman–Crippen LogP) is 10.0. The minimum absolute atomic E-state index is 0.0139. The van der Waals surface area contributed by atoms with Gasteiger partial charge < -0.3 is 13.6 Å². The molecule has 0 heterocycles. The largest absolute Gasteiger partial charge is 0.413 e. The number of fused-ring (bicyclic) bond motifs is 1. The Kier molecular flexibility index (Phi) is 9.65. The second-order valence-electron chi connectivity index (χ2n) is 16.4. The van der Waals surface area contributed by atoms with E-state index in [9.17, 15) is 4.79 Å². The molecule has 0 amide bonds. The average Bonchev–Trinajstić information content (AvgIpc) is 3.15. The molecule has 0 N–H and O–H groups in total. The van der Waals surface area contributed by atoms with Crippen LogP contribution in [0, 0.1) is 23.2 Å². The summed E-state index contributed by atoms with van der Waals surface area (Å²) in [6, 6.07) is 0. The van der Waals surface area contributed by atoms with E-state index in [1.54, 1.807) is 5.57 Å². The van der Waals surface area contributed by atoms with Gasteiger partial charge in [0.05, 0.1) is 12.2 Å². The van der Waals surface area contributed by atoms with Crippen molar-refractivity contribution in [3.8, 4) is 0 Å². The maximum absolute atomic E-state index is 11.7. The molecule has 0 radical (unpaired) electrons. The van der Waals surface area contributed by atoms with Crippen molar-refractivity contribution in [2.75, 3.05) is 0 Å². The van der Waals surface area contributed by atoms with Crippen LogP contribution in [0.1, 0.15) is 100 Å². The molecule has 0 aromatic rings. The minimum Gasteiger partial charge on any atom is -0.413 e. The third-order valence-corrected chi connectivity index (χ3v) is 20.6. The van der Waals surface area contributed by atoms with Crippen LogP contribution in [0.25, 0.3) is 0 Å². The van der Waals surface area contributed by atoms with Crippen LogP contribution in [0.15, 0.2) is 35.5 Å². The lowest BCUT2D eigenvalue weighted by Crippen LogP contribution is -2.49. The first-order valence-electron chi connectivity index (χ1n) is 15.6. The minimum atomic E-state index is -1.97. The zero-order chi connectivity index (χ0) is 29.6. The molecule has 0 spiro atoms. The van der Waals surface area contributed by atoms with Crippen molar-refractivity contribution < 1.29 is 13.6 Å². The Morgan fingerprint density at radius 1 is 0.974 bits per heavy atom. The van der Waals surface area contributed by atoms with Gasteiger partial charge in [0.1, 0.15) is 6.29 Å². The van der Waals surface area contributed by atoms with E-state index >= 15 is 0 Å². The van der Waals surface area contributed by atoms with Crippen LogP contribution in [-0.4, -0.2) is 35.1 Å². The SMILES string of the molecule is C=C1/C(=C\C=C2/CCC[C@@]3(C)C2CC[C@@H]3C(C)C=O)C[C@@H](O[Si](C)(C)C(C)(C)C)C[C@@H]1O[Si](C)(C)C(C)(C)C. The molecule has 3 nitrogen and oxygen atoms in total. The molecule has 3 rings (SSSR count). The van der Waals surface area contributed by atoms with E-state index in [-0.39, 0.29) is 33.6 Å². The van der Waals surface area contributed by atoms with Crippen molar-refractivity contribution in [3.63, 3.8) is 0 Å². The highest BCUT2D eigenvalue weighted by atomic mass is 28.4. The van der Waals surface area contributed by atoms with Crippen LogP contribution in [-0.2, 0) is 13.6 Å². The van der Waals surface area contributed by atoms with E-state index in [0.717, 1.165) is 18.4 Å². The first kappa shape index (κ1) is 32.8. The number of carbonyl (C=O) groups excluding carboxylic acids is 1. The molecule has 39 heavy (non-hydrogen) atoms. The Bertz CT molecular complexity index is 977. The van der Waals surface area contributed by atoms with Gasteiger partial charge in [-0.1, -0.05) is 79.7 Å². The Balaban J connectivity index is 1.93. The van der Waals surface area contributed by atoms with Crippen molar-refractivity contribution >= 4 is 22.9 Å². The topological polar surface area (TPSA) is 35.5 Å². The summed E-state index contributed by atoms with van der Waals surface area (Å²) in [5.41, 5.74) is 4.29. The van der Waals surface area contributed by atoms with E-state index < -0.39 is 16.6 Å². The van der Waals surface area contributed by atoms with Gasteiger partial charge in [-0.15, -0.1) is 0 Å². The van der Waals surface area contributed by atoms with Gasteiger partial charge in [-0.2, -0.15) is 0 Å². The number of hydrogen-bond donors (Lipinski definition) is 0. The van der Waals surface area contributed by atoms with Gasteiger partial charge in [-0.25, -0.2) is 0 Å². The molecule has 2 unspecified atom stereocenters. The summed E-state index contributed by atoms with van der Waals surface area (Å²) in [6.45, 7) is 32.6. The molecule has 3 aliphatic carbocycles. The van der Waals surface area contributed by atoms with E-state index in [1.165, 1.54) is 44.0 Å². The first-order chi connectivity index (χ1) is 17.7. The lowest BCUT2D eigenvalue weighted by Gasteiger charge is -2.45. The van der Waals surface area contributed by atoms with Gasteiger partial charge in [0.15, 0.2) is 16.6 Å². The average molecular weight is 573 g/mol. The summed E-state index contributed by atoms with van der Waals surface area (Å²) in [6.07, 6.45) is 14.0. The second-order valence-corrected chi connectivity index (χ2v) is 25.9. The van der Waals surface area contributed by atoms with Crippen molar-refractivity contribution in [1.82, 2.24) is 0 Å². The van der Waals surface area contributed by atoms with Gasteiger partial charge in [-0.3, -0.25) is 0 Å². The van der Waals surface area contributed by atoms with E-state index in [2.05, 4.69) is 100 Å². The van der Waals surface area contributed by atoms with E-state index in [0.29, 0.717) is 11.8 Å². The highest BCUT2D eigenvalue weighted by molar-refractivity contribution is 6.74. The molecular formula is C34H60O3Si2. The molecule has 0 aromatic heterocycles. The Hall–Kier alpha value is -0.756. The molecule has 0 saturated heterocycles. The summed E-state index contributed by atoms with van der Waals surface area (Å²) in [5, 5.41) is 0.323. The zero-order valence-electron chi connectivity index (χ0n) is 27.5. The van der Waals surface area contributed by atoms with Gasteiger partial charge in [0.25, 0.3) is 0 Å². The quantitative estimate of drug-likeness (QED) is 0.225. The fourth-order valence-electron chi connectivity index (χ4n) is 7.00. The van der Waals surface area contributed by atoms with Gasteiger partial charge in [0.2, 0.25) is 0 Å². The smallest absolute Gasteiger partial charge is 0.192 e. The summed E-state index contributed by atoms with van der Waals surface area (Å²) < 4.78 is 14.0. The van der Waals surface area contributed by atoms with Crippen LogP contribution in [0.2, 0.25) is 36.3 Å². The third-order valence-electron chi connectivity index (χ3n) is 11.6. The van der Waals surface area contributed by atoms with Gasteiger partial charge in [-0.05, 0) is 103 Å². The number of aldehydes is 1. The zero-order valence-corrected chi connectivity index (χ0v) is 29.5. The molecule has 3 fully saturated rings. The standard InChI is InChI=1S/C34H60O3Si2/c1-24(23-35)29-18-19-30-26(15-14-20-34(29,30)9)16-17-27-21-28(36-38(10,11)32(3,4)5)22-31(25(27)2)37-39(12,13)33(6,7)8/h16-17,23-24,28-31H,2,14-15,18-22H2,1,3-13H3/b26-16+,27-17-/t24?,28-,29-,30?,31+,34-/m1/s1. The van der Waals surface area contributed by atoms with Gasteiger partial charge in [0, 0.05) is 12.3 Å². The lowest BCUT2D eigenvalue weighted by molar-refractivity contribution is -0.113. The number of hydrogen-bond acceptors (Lipinski definition) is 3. The summed E-state index contributed by atoms with van der Waals surface area (Å²) in [4.78, 5) is 11.7. The molecule has 0 bridgehead atoms. The predicted molar refractivity (Wildman–Crippen MR) is 172 cm³/mol. The Morgan fingerprint density at radius 3 is 2.13 bits per heavy atom. The summed E-state index contributed by atoms with van der Waals surface area (Å²) in [5.74, 6) is 1.24. The molecule has 3 aliphatic rings. The molecule has 5 heteroatoms. The van der Waals surface area contributed by atoms with Gasteiger partial charge >= 0.3 is 0 Å². The fraction of sp³-hybridized carbons (Fsp3) is 0.794. The van der Waals surface area contributed by atoms with Crippen LogP contribution >= 0.6 is 0 Å². The highest BCUT2D eigenvalue weighted by Crippen LogP contribution is 2.59. The summed E-state index contributed by atoms with van der Waals surface area (Å²) >= 11 is 0. The van der Waals surface area contributed by atoms with E-state index in [1.807, 2.05) is 0 Å². The molecule has 0 aromatic carbocycles. The fourth-order valence-corrected chi connectivity index (χ4v) is 9.67. The van der Waals surface area contributed by atoms with E-state index in [4.69, 9.17) is 8.85 Å². The van der Waals surface area contributed by atoms with Crippen molar-refractivity contribution in [1.29, 1.82) is 0 Å². The molecule has 222 valence electrons. The highest BCUT2D eigenvalue weighted by Gasteiger charge is 2.51. The summed E-state index contributed by atoms with van der Waals surface area (Å²) in [7, 11) is -3.89. The molecule has 3 saturated carbocycles. The molecule has 6 atom stereocenters. The van der Waals surface area contributed by atoms with Crippen molar-refractivity contribution in [2.45, 2.75) is 149 Å². The van der Waals surface area contributed by atoms with Crippen molar-refractivity contribution in [3.05, 3.63) is 35.5 Å². The Labute approximate surface area is 243 Å². The number of rotatable bonds is 7. The number of carbonyl (C=O) groups is 1.